The third kappa shape index (κ3) is 5.06. The molecule has 0 spiro atoms. The van der Waals surface area contributed by atoms with Crippen molar-refractivity contribution in [1.82, 2.24) is 0 Å². The second-order valence-corrected chi connectivity index (χ2v) is 4.21. The first-order chi connectivity index (χ1) is 10.3. The van der Waals surface area contributed by atoms with Crippen LogP contribution in [0.25, 0.3) is 0 Å². The lowest BCUT2D eigenvalue weighted by Crippen LogP contribution is -2.18. The van der Waals surface area contributed by atoms with E-state index in [1.165, 1.54) is 0 Å². The largest absolute Gasteiger partial charge is 0.490 e. The van der Waals surface area contributed by atoms with Crippen LogP contribution in [-0.4, -0.2) is 25.8 Å². The zero-order chi connectivity index (χ0) is 14.9. The van der Waals surface area contributed by atoms with Crippen LogP contribution in [0.15, 0.2) is 54.6 Å². The average Bonchev–Trinajstić information content (AvgIpc) is 2.52. The van der Waals surface area contributed by atoms with Gasteiger partial charge in [0.1, 0.15) is 24.7 Å². The molecule has 2 aromatic carbocycles. The van der Waals surface area contributed by atoms with Gasteiger partial charge in [-0.05, 0) is 24.3 Å². The molecule has 0 aliphatic carbocycles. The van der Waals surface area contributed by atoms with Gasteiger partial charge < -0.3 is 19.9 Å². The first-order valence-corrected chi connectivity index (χ1v) is 6.56. The fourth-order valence-corrected chi connectivity index (χ4v) is 1.62. The molecule has 0 aliphatic heterocycles. The Morgan fingerprint density at radius 1 is 0.905 bits per heavy atom. The normalized spacial score (nSPS) is 9.90. The summed E-state index contributed by atoms with van der Waals surface area (Å²) in [6.45, 7) is 0.282. The van der Waals surface area contributed by atoms with Crippen molar-refractivity contribution in [1.29, 1.82) is 0 Å². The third-order valence-corrected chi connectivity index (χ3v) is 2.62. The summed E-state index contributed by atoms with van der Waals surface area (Å²) in [5, 5.41) is 0. The molecule has 5 heteroatoms. The van der Waals surface area contributed by atoms with Crippen LogP contribution in [-0.2, 0) is 9.53 Å². The van der Waals surface area contributed by atoms with Crippen molar-refractivity contribution in [2.75, 3.05) is 25.6 Å². The van der Waals surface area contributed by atoms with Crippen LogP contribution >= 0.6 is 0 Å². The topological polar surface area (TPSA) is 70.8 Å². The maximum absolute atomic E-state index is 11.5. The van der Waals surface area contributed by atoms with Gasteiger partial charge in [-0.15, -0.1) is 0 Å². The standard InChI is InChI=1S/C16H17NO4/c17-14-8-4-5-9-15(14)21-12-16(18)20-11-10-19-13-6-2-1-3-7-13/h1-9H,10-12,17H2. The smallest absolute Gasteiger partial charge is 0.344 e. The summed E-state index contributed by atoms with van der Waals surface area (Å²) >= 11 is 0. The number of ether oxygens (including phenoxy) is 3. The van der Waals surface area contributed by atoms with Crippen molar-refractivity contribution >= 4 is 11.7 Å². The Morgan fingerprint density at radius 2 is 1.62 bits per heavy atom. The predicted molar refractivity (Wildman–Crippen MR) is 79.2 cm³/mol. The number of hydrogen-bond acceptors (Lipinski definition) is 5. The lowest BCUT2D eigenvalue weighted by Gasteiger charge is -2.09. The molecule has 0 bridgehead atoms. The molecule has 0 radical (unpaired) electrons. The van der Waals surface area contributed by atoms with E-state index in [-0.39, 0.29) is 13.2 Å². The third-order valence-electron chi connectivity index (χ3n) is 2.62. The molecule has 0 saturated heterocycles. The highest BCUT2D eigenvalue weighted by Gasteiger charge is 2.06. The minimum Gasteiger partial charge on any atom is -0.490 e. The van der Waals surface area contributed by atoms with Crippen LogP contribution in [0.4, 0.5) is 5.69 Å². The number of anilines is 1. The maximum atomic E-state index is 11.5. The molecule has 2 rings (SSSR count). The molecule has 0 atom stereocenters. The summed E-state index contributed by atoms with van der Waals surface area (Å²) in [5.41, 5.74) is 6.18. The van der Waals surface area contributed by atoms with E-state index in [2.05, 4.69) is 0 Å². The Hall–Kier alpha value is -2.69. The number of rotatable bonds is 7. The van der Waals surface area contributed by atoms with Crippen LogP contribution in [0, 0.1) is 0 Å². The van der Waals surface area contributed by atoms with Crippen LogP contribution in [0.3, 0.4) is 0 Å². The van der Waals surface area contributed by atoms with E-state index in [9.17, 15) is 4.79 Å². The predicted octanol–water partition coefficient (Wildman–Crippen LogP) is 2.27. The van der Waals surface area contributed by atoms with Crippen LogP contribution in [0.1, 0.15) is 0 Å². The molecule has 2 N–H and O–H groups in total. The second-order valence-electron chi connectivity index (χ2n) is 4.21. The van der Waals surface area contributed by atoms with Crippen LogP contribution < -0.4 is 15.2 Å². The van der Waals surface area contributed by atoms with Crippen molar-refractivity contribution in [2.45, 2.75) is 0 Å². The first-order valence-electron chi connectivity index (χ1n) is 6.56. The van der Waals surface area contributed by atoms with Gasteiger partial charge in [0.05, 0.1) is 5.69 Å². The highest BCUT2D eigenvalue weighted by Crippen LogP contribution is 2.19. The Morgan fingerprint density at radius 3 is 2.38 bits per heavy atom. The van der Waals surface area contributed by atoms with Gasteiger partial charge in [0, 0.05) is 0 Å². The van der Waals surface area contributed by atoms with Gasteiger partial charge in [0.15, 0.2) is 6.61 Å². The van der Waals surface area contributed by atoms with Crippen molar-refractivity contribution in [3.05, 3.63) is 54.6 Å². The number of hydrogen-bond donors (Lipinski definition) is 1. The van der Waals surface area contributed by atoms with Gasteiger partial charge >= 0.3 is 5.97 Å². The van der Waals surface area contributed by atoms with E-state index in [1.807, 2.05) is 30.3 Å². The van der Waals surface area contributed by atoms with Crippen LogP contribution in [0.2, 0.25) is 0 Å². The summed E-state index contributed by atoms with van der Waals surface area (Å²) in [7, 11) is 0. The summed E-state index contributed by atoms with van der Waals surface area (Å²) in [6, 6.07) is 16.3. The molecule has 0 aliphatic rings. The van der Waals surface area contributed by atoms with E-state index < -0.39 is 5.97 Å². The van der Waals surface area contributed by atoms with E-state index in [0.29, 0.717) is 18.0 Å². The molecule has 2 aromatic rings. The lowest BCUT2D eigenvalue weighted by molar-refractivity contribution is -0.146. The van der Waals surface area contributed by atoms with Gasteiger partial charge in [-0.1, -0.05) is 30.3 Å². The molecule has 0 aromatic heterocycles. The van der Waals surface area contributed by atoms with E-state index in [0.717, 1.165) is 5.75 Å². The van der Waals surface area contributed by atoms with Crippen molar-refractivity contribution in [2.24, 2.45) is 0 Å². The monoisotopic (exact) mass is 287 g/mol. The summed E-state index contributed by atoms with van der Waals surface area (Å²) in [6.07, 6.45) is 0. The fourth-order valence-electron chi connectivity index (χ4n) is 1.62. The molecule has 0 amide bonds. The number of para-hydroxylation sites is 3. The number of carbonyl (C=O) groups is 1. The molecular formula is C16H17NO4. The highest BCUT2D eigenvalue weighted by atomic mass is 16.6. The molecule has 0 saturated carbocycles. The van der Waals surface area contributed by atoms with Gasteiger partial charge in [-0.25, -0.2) is 4.79 Å². The Balaban J connectivity index is 1.63. The minimum atomic E-state index is -0.463. The SMILES string of the molecule is Nc1ccccc1OCC(=O)OCCOc1ccccc1. The number of nitrogen functional groups attached to an aromatic ring is 1. The zero-order valence-electron chi connectivity index (χ0n) is 11.5. The van der Waals surface area contributed by atoms with Gasteiger partial charge in [-0.2, -0.15) is 0 Å². The molecule has 110 valence electrons. The molecular weight excluding hydrogens is 270 g/mol. The first kappa shape index (κ1) is 14.7. The second kappa shape index (κ2) is 7.79. The fraction of sp³-hybridized carbons (Fsp3) is 0.188. The molecule has 0 heterocycles. The van der Waals surface area contributed by atoms with E-state index in [4.69, 9.17) is 19.9 Å². The number of benzene rings is 2. The van der Waals surface area contributed by atoms with Crippen molar-refractivity contribution < 1.29 is 19.0 Å². The lowest BCUT2D eigenvalue weighted by atomic mass is 10.3. The van der Waals surface area contributed by atoms with E-state index in [1.54, 1.807) is 24.3 Å². The molecule has 0 unspecified atom stereocenters. The Labute approximate surface area is 123 Å². The Kier molecular flexibility index (Phi) is 5.46. The van der Waals surface area contributed by atoms with Gasteiger partial charge in [0.2, 0.25) is 0 Å². The van der Waals surface area contributed by atoms with Crippen LogP contribution in [0.5, 0.6) is 11.5 Å². The minimum absolute atomic E-state index is 0.168. The molecule has 21 heavy (non-hydrogen) atoms. The number of nitrogens with two attached hydrogens (primary N) is 1. The van der Waals surface area contributed by atoms with Gasteiger partial charge in [0.25, 0.3) is 0 Å². The average molecular weight is 287 g/mol. The zero-order valence-corrected chi connectivity index (χ0v) is 11.5. The maximum Gasteiger partial charge on any atom is 0.344 e. The van der Waals surface area contributed by atoms with Gasteiger partial charge in [-0.3, -0.25) is 0 Å². The summed E-state index contributed by atoms with van der Waals surface area (Å²) < 4.78 is 15.7. The van der Waals surface area contributed by atoms with Crippen molar-refractivity contribution in [3.8, 4) is 11.5 Å². The molecule has 5 nitrogen and oxygen atoms in total. The quantitative estimate of drug-likeness (QED) is 0.480. The van der Waals surface area contributed by atoms with Crippen molar-refractivity contribution in [3.63, 3.8) is 0 Å². The Bertz CT molecular complexity index is 571. The summed E-state index contributed by atoms with van der Waals surface area (Å²) in [5.74, 6) is 0.742. The number of esters is 1. The molecule has 0 fully saturated rings. The number of carbonyl (C=O) groups excluding carboxylic acids is 1. The van der Waals surface area contributed by atoms with E-state index >= 15 is 0 Å². The highest BCUT2D eigenvalue weighted by molar-refractivity contribution is 5.71. The summed E-state index contributed by atoms with van der Waals surface area (Å²) in [4.78, 5) is 11.5.